The maximum Gasteiger partial charge on any atom is -0.00190 e. The van der Waals surface area contributed by atoms with Crippen LogP contribution in [-0.4, -0.2) is 25.0 Å². The standard InChI is InChI=1S/C9H17N/c1-3-4-9-5-7-10(2)8-6-9/h3,9H,1,4-8H2,2H3. The first-order valence-electron chi connectivity index (χ1n) is 4.12. The molecule has 0 aromatic rings. The predicted octanol–water partition coefficient (Wildman–Crippen LogP) is 1.90. The lowest BCUT2D eigenvalue weighted by Gasteiger charge is -2.27. The summed E-state index contributed by atoms with van der Waals surface area (Å²) in [5.74, 6) is 0.925. The average molecular weight is 139 g/mol. The van der Waals surface area contributed by atoms with Crippen molar-refractivity contribution in [2.45, 2.75) is 19.3 Å². The third kappa shape index (κ3) is 2.14. The lowest BCUT2D eigenvalue weighted by Crippen LogP contribution is -2.29. The zero-order chi connectivity index (χ0) is 7.40. The Bertz CT molecular complexity index is 101. The van der Waals surface area contributed by atoms with Crippen LogP contribution in [0, 0.1) is 5.92 Å². The van der Waals surface area contributed by atoms with Gasteiger partial charge in [-0.3, -0.25) is 0 Å². The molecule has 0 atom stereocenters. The Morgan fingerprint density at radius 1 is 1.50 bits per heavy atom. The largest absolute Gasteiger partial charge is 0.306 e. The van der Waals surface area contributed by atoms with Gasteiger partial charge < -0.3 is 4.90 Å². The van der Waals surface area contributed by atoms with E-state index >= 15 is 0 Å². The van der Waals surface area contributed by atoms with Crippen LogP contribution < -0.4 is 0 Å². The summed E-state index contributed by atoms with van der Waals surface area (Å²) in [4.78, 5) is 2.40. The Hall–Kier alpha value is -0.300. The molecule has 1 nitrogen and oxygen atoms in total. The predicted molar refractivity (Wildman–Crippen MR) is 45.0 cm³/mol. The van der Waals surface area contributed by atoms with Crippen LogP contribution in [0.25, 0.3) is 0 Å². The highest BCUT2D eigenvalue weighted by atomic mass is 15.1. The minimum absolute atomic E-state index is 0.925. The summed E-state index contributed by atoms with van der Waals surface area (Å²) < 4.78 is 0. The van der Waals surface area contributed by atoms with Crippen LogP contribution in [0.4, 0.5) is 0 Å². The van der Waals surface area contributed by atoms with E-state index in [4.69, 9.17) is 0 Å². The normalized spacial score (nSPS) is 22.9. The van der Waals surface area contributed by atoms with Gasteiger partial charge in [0.1, 0.15) is 0 Å². The van der Waals surface area contributed by atoms with Crippen molar-refractivity contribution in [1.82, 2.24) is 4.90 Å². The van der Waals surface area contributed by atoms with E-state index in [1.54, 1.807) is 0 Å². The molecular formula is C9H17N. The van der Waals surface area contributed by atoms with Crippen molar-refractivity contribution in [3.8, 4) is 0 Å². The van der Waals surface area contributed by atoms with Gasteiger partial charge >= 0.3 is 0 Å². The topological polar surface area (TPSA) is 3.24 Å². The van der Waals surface area contributed by atoms with E-state index in [1.165, 1.54) is 32.4 Å². The smallest absolute Gasteiger partial charge is 0.00190 e. The Morgan fingerprint density at radius 3 is 2.60 bits per heavy atom. The van der Waals surface area contributed by atoms with Crippen LogP contribution in [0.1, 0.15) is 19.3 Å². The fourth-order valence-corrected chi connectivity index (χ4v) is 1.53. The van der Waals surface area contributed by atoms with Crippen molar-refractivity contribution >= 4 is 0 Å². The van der Waals surface area contributed by atoms with Gasteiger partial charge in [-0.05, 0) is 45.3 Å². The molecule has 0 unspecified atom stereocenters. The summed E-state index contributed by atoms with van der Waals surface area (Å²) >= 11 is 0. The maximum atomic E-state index is 3.76. The summed E-state index contributed by atoms with van der Waals surface area (Å²) in [6.07, 6.45) is 5.99. The van der Waals surface area contributed by atoms with Gasteiger partial charge in [0.05, 0.1) is 0 Å². The number of piperidine rings is 1. The summed E-state index contributed by atoms with van der Waals surface area (Å²) in [5.41, 5.74) is 0. The van der Waals surface area contributed by atoms with Crippen molar-refractivity contribution < 1.29 is 0 Å². The minimum Gasteiger partial charge on any atom is -0.306 e. The minimum atomic E-state index is 0.925. The molecule has 1 heteroatoms. The number of rotatable bonds is 2. The molecule has 0 spiro atoms. The molecule has 1 fully saturated rings. The van der Waals surface area contributed by atoms with E-state index in [1.807, 2.05) is 0 Å². The van der Waals surface area contributed by atoms with E-state index < -0.39 is 0 Å². The quantitative estimate of drug-likeness (QED) is 0.528. The van der Waals surface area contributed by atoms with Crippen LogP contribution in [0.15, 0.2) is 12.7 Å². The van der Waals surface area contributed by atoms with E-state index in [0.717, 1.165) is 5.92 Å². The van der Waals surface area contributed by atoms with Crippen molar-refractivity contribution in [3.63, 3.8) is 0 Å². The highest BCUT2D eigenvalue weighted by molar-refractivity contribution is 4.77. The highest BCUT2D eigenvalue weighted by Crippen LogP contribution is 2.19. The van der Waals surface area contributed by atoms with E-state index in [9.17, 15) is 0 Å². The van der Waals surface area contributed by atoms with Gasteiger partial charge in [-0.15, -0.1) is 6.58 Å². The molecule has 1 heterocycles. The number of hydrogen-bond acceptors (Lipinski definition) is 1. The SMILES string of the molecule is C=CCC1CCN(C)CC1. The molecule has 0 aromatic heterocycles. The van der Waals surface area contributed by atoms with Gasteiger partial charge in [-0.2, -0.15) is 0 Å². The molecule has 1 rings (SSSR count). The molecular weight excluding hydrogens is 122 g/mol. The zero-order valence-corrected chi connectivity index (χ0v) is 6.84. The second-order valence-electron chi connectivity index (χ2n) is 3.27. The number of likely N-dealkylation sites (tertiary alicyclic amines) is 1. The molecule has 0 bridgehead atoms. The first-order valence-corrected chi connectivity index (χ1v) is 4.12. The summed E-state index contributed by atoms with van der Waals surface area (Å²) in [7, 11) is 2.20. The van der Waals surface area contributed by atoms with Crippen molar-refractivity contribution in [1.29, 1.82) is 0 Å². The molecule has 0 saturated carbocycles. The monoisotopic (exact) mass is 139 g/mol. The first kappa shape index (κ1) is 7.80. The molecule has 0 N–H and O–H groups in total. The van der Waals surface area contributed by atoms with E-state index in [2.05, 4.69) is 24.6 Å². The molecule has 0 radical (unpaired) electrons. The van der Waals surface area contributed by atoms with Crippen LogP contribution in [0.5, 0.6) is 0 Å². The number of nitrogens with zero attached hydrogens (tertiary/aromatic N) is 1. The van der Waals surface area contributed by atoms with Gasteiger partial charge in [-0.1, -0.05) is 6.08 Å². The van der Waals surface area contributed by atoms with Crippen LogP contribution in [0.2, 0.25) is 0 Å². The molecule has 1 aliphatic rings. The summed E-state index contributed by atoms with van der Waals surface area (Å²) in [6.45, 7) is 6.31. The Kier molecular flexibility index (Phi) is 2.94. The molecule has 1 aliphatic heterocycles. The fraction of sp³-hybridized carbons (Fsp3) is 0.778. The van der Waals surface area contributed by atoms with Gasteiger partial charge in [0, 0.05) is 0 Å². The van der Waals surface area contributed by atoms with Crippen molar-refractivity contribution in [2.75, 3.05) is 20.1 Å². The van der Waals surface area contributed by atoms with E-state index in [0.29, 0.717) is 0 Å². The van der Waals surface area contributed by atoms with E-state index in [-0.39, 0.29) is 0 Å². The number of allylic oxidation sites excluding steroid dienone is 1. The maximum absolute atomic E-state index is 3.76. The fourth-order valence-electron chi connectivity index (χ4n) is 1.53. The van der Waals surface area contributed by atoms with Gasteiger partial charge in [0.2, 0.25) is 0 Å². The molecule has 10 heavy (non-hydrogen) atoms. The molecule has 0 aromatic carbocycles. The zero-order valence-electron chi connectivity index (χ0n) is 6.84. The van der Waals surface area contributed by atoms with Gasteiger partial charge in [0.15, 0.2) is 0 Å². The Morgan fingerprint density at radius 2 is 2.10 bits per heavy atom. The second-order valence-corrected chi connectivity index (χ2v) is 3.27. The second kappa shape index (κ2) is 3.77. The third-order valence-electron chi connectivity index (χ3n) is 2.34. The average Bonchev–Trinajstić information content (AvgIpc) is 1.95. The lowest BCUT2D eigenvalue weighted by molar-refractivity contribution is 0.221. The molecule has 0 amide bonds. The van der Waals surface area contributed by atoms with Gasteiger partial charge in [0.25, 0.3) is 0 Å². The third-order valence-corrected chi connectivity index (χ3v) is 2.34. The van der Waals surface area contributed by atoms with Gasteiger partial charge in [-0.25, -0.2) is 0 Å². The van der Waals surface area contributed by atoms with Crippen LogP contribution in [-0.2, 0) is 0 Å². The summed E-state index contributed by atoms with van der Waals surface area (Å²) in [5, 5.41) is 0. The lowest BCUT2D eigenvalue weighted by atomic mass is 9.94. The Balaban J connectivity index is 2.19. The molecule has 1 saturated heterocycles. The van der Waals surface area contributed by atoms with Crippen LogP contribution >= 0.6 is 0 Å². The Labute approximate surface area is 63.7 Å². The number of hydrogen-bond donors (Lipinski definition) is 0. The van der Waals surface area contributed by atoms with Crippen molar-refractivity contribution in [3.05, 3.63) is 12.7 Å². The summed E-state index contributed by atoms with van der Waals surface area (Å²) in [6, 6.07) is 0. The molecule has 0 aliphatic carbocycles. The highest BCUT2D eigenvalue weighted by Gasteiger charge is 2.14. The first-order chi connectivity index (χ1) is 4.83. The van der Waals surface area contributed by atoms with Crippen LogP contribution in [0.3, 0.4) is 0 Å². The van der Waals surface area contributed by atoms with Crippen molar-refractivity contribution in [2.24, 2.45) is 5.92 Å². The molecule has 58 valence electrons.